The van der Waals surface area contributed by atoms with Gasteiger partial charge in [0.05, 0.1) is 10.8 Å². The molecule has 0 fully saturated rings. The van der Waals surface area contributed by atoms with Gasteiger partial charge in [0.15, 0.2) is 0 Å². The number of nitrogens with zero attached hydrogens (tertiary/aromatic N) is 3. The van der Waals surface area contributed by atoms with Gasteiger partial charge in [0.2, 0.25) is 11.0 Å². The Kier molecular flexibility index (Phi) is 4.02. The van der Waals surface area contributed by atoms with Crippen LogP contribution in [-0.4, -0.2) is 25.9 Å². The lowest BCUT2D eigenvalue weighted by atomic mass is 10.2. The quantitative estimate of drug-likeness (QED) is 0.733. The molecule has 0 unspecified atom stereocenters. The monoisotopic (exact) mass is 331 g/mol. The third-order valence-corrected chi connectivity index (χ3v) is 4.18. The van der Waals surface area contributed by atoms with Crippen LogP contribution in [-0.2, 0) is 17.8 Å². The molecule has 23 heavy (non-hydrogen) atoms. The number of nitrogens with one attached hydrogen (secondary N) is 2. The number of aromatic nitrogens is 4. The Morgan fingerprint density at radius 3 is 2.70 bits per heavy atom. The predicted octanol–water partition coefficient (Wildman–Crippen LogP) is 0.742. The lowest BCUT2D eigenvalue weighted by Gasteiger charge is -2.06. The lowest BCUT2D eigenvalue weighted by Crippen LogP contribution is -2.34. The van der Waals surface area contributed by atoms with Crippen LogP contribution in [0.1, 0.15) is 11.9 Å². The molecule has 9 heteroatoms. The number of anilines is 1. The molecule has 2 N–H and O–H groups in total. The molecule has 0 saturated carbocycles. The molecule has 3 rings (SSSR count). The van der Waals surface area contributed by atoms with Crippen molar-refractivity contribution < 1.29 is 4.79 Å². The summed E-state index contributed by atoms with van der Waals surface area (Å²) in [7, 11) is 0. The molecule has 2 heterocycles. The molecule has 118 valence electrons. The smallest absolute Gasteiger partial charge is 0.273 e. The van der Waals surface area contributed by atoms with E-state index in [-0.39, 0.29) is 11.9 Å². The zero-order valence-electron chi connectivity index (χ0n) is 12.2. The van der Waals surface area contributed by atoms with E-state index in [1.807, 2.05) is 6.92 Å². The van der Waals surface area contributed by atoms with E-state index in [2.05, 4.69) is 20.6 Å². The number of hydrogen-bond donors (Lipinski definition) is 2. The SMILES string of the molecule is CCc1nnc(NC(=O)Cn2[nH]c(=O)c3ccccc3c2=O)s1. The summed E-state index contributed by atoms with van der Waals surface area (Å²) < 4.78 is 0.988. The number of aryl methyl sites for hydroxylation is 1. The highest BCUT2D eigenvalue weighted by atomic mass is 32.1. The molecule has 3 aromatic rings. The van der Waals surface area contributed by atoms with E-state index in [0.717, 1.165) is 16.1 Å². The highest BCUT2D eigenvalue weighted by molar-refractivity contribution is 7.15. The van der Waals surface area contributed by atoms with Crippen molar-refractivity contribution >= 4 is 33.1 Å². The summed E-state index contributed by atoms with van der Waals surface area (Å²) in [5.74, 6) is -0.461. The molecule has 0 spiro atoms. The first-order chi connectivity index (χ1) is 11.1. The van der Waals surface area contributed by atoms with Gasteiger partial charge in [0, 0.05) is 0 Å². The minimum Gasteiger partial charge on any atom is -0.299 e. The van der Waals surface area contributed by atoms with E-state index in [4.69, 9.17) is 0 Å². The van der Waals surface area contributed by atoms with Gasteiger partial charge in [-0.2, -0.15) is 0 Å². The van der Waals surface area contributed by atoms with Crippen LogP contribution in [0, 0.1) is 0 Å². The summed E-state index contributed by atoms with van der Waals surface area (Å²) in [5.41, 5.74) is -0.848. The summed E-state index contributed by atoms with van der Waals surface area (Å²) in [4.78, 5) is 36.3. The van der Waals surface area contributed by atoms with Crippen molar-refractivity contribution in [1.29, 1.82) is 0 Å². The first-order valence-corrected chi connectivity index (χ1v) is 7.74. The summed E-state index contributed by atoms with van der Waals surface area (Å²) in [5, 5.41) is 14.4. The maximum atomic E-state index is 12.3. The zero-order valence-corrected chi connectivity index (χ0v) is 13.0. The number of H-pyrrole nitrogens is 1. The fourth-order valence-electron chi connectivity index (χ4n) is 2.11. The summed E-state index contributed by atoms with van der Waals surface area (Å²) in [6, 6.07) is 6.46. The molecule has 0 radical (unpaired) electrons. The Morgan fingerprint density at radius 1 is 1.26 bits per heavy atom. The van der Waals surface area contributed by atoms with Crippen LogP contribution >= 0.6 is 11.3 Å². The Bertz CT molecular complexity index is 988. The van der Waals surface area contributed by atoms with Gasteiger partial charge in [0.25, 0.3) is 11.1 Å². The van der Waals surface area contributed by atoms with Crippen LogP contribution in [0.25, 0.3) is 10.8 Å². The highest BCUT2D eigenvalue weighted by Crippen LogP contribution is 2.15. The van der Waals surface area contributed by atoms with Gasteiger partial charge in [-0.05, 0) is 18.6 Å². The maximum Gasteiger partial charge on any atom is 0.273 e. The number of benzene rings is 1. The largest absolute Gasteiger partial charge is 0.299 e. The van der Waals surface area contributed by atoms with Crippen molar-refractivity contribution in [2.75, 3.05) is 5.32 Å². The molecule has 0 saturated heterocycles. The summed E-state index contributed by atoms with van der Waals surface area (Å²) in [6.07, 6.45) is 0.727. The molecule has 0 aliphatic carbocycles. The third kappa shape index (κ3) is 3.04. The van der Waals surface area contributed by atoms with Gasteiger partial charge in [0.1, 0.15) is 11.6 Å². The van der Waals surface area contributed by atoms with Crippen LogP contribution in [0.2, 0.25) is 0 Å². The van der Waals surface area contributed by atoms with Gasteiger partial charge in [-0.25, -0.2) is 4.68 Å². The molecule has 0 aliphatic heterocycles. The molecule has 8 nitrogen and oxygen atoms in total. The second-order valence-electron chi connectivity index (χ2n) is 4.78. The molecular weight excluding hydrogens is 318 g/mol. The summed E-state index contributed by atoms with van der Waals surface area (Å²) in [6.45, 7) is 1.63. The van der Waals surface area contributed by atoms with Gasteiger partial charge in [-0.3, -0.25) is 24.8 Å². The van der Waals surface area contributed by atoms with E-state index in [1.165, 1.54) is 11.3 Å². The van der Waals surface area contributed by atoms with E-state index in [1.54, 1.807) is 24.3 Å². The average Bonchev–Trinajstić information content (AvgIpc) is 3.00. The van der Waals surface area contributed by atoms with Gasteiger partial charge in [-0.15, -0.1) is 10.2 Å². The third-order valence-electron chi connectivity index (χ3n) is 3.20. The van der Waals surface area contributed by atoms with E-state index in [9.17, 15) is 14.4 Å². The molecule has 1 amide bonds. The number of amides is 1. The topological polar surface area (TPSA) is 110 Å². The lowest BCUT2D eigenvalue weighted by molar-refractivity contribution is -0.117. The number of hydrogen-bond acceptors (Lipinski definition) is 6. The fraction of sp³-hybridized carbons (Fsp3) is 0.214. The highest BCUT2D eigenvalue weighted by Gasteiger charge is 2.12. The molecule has 1 aromatic carbocycles. The molecule has 0 atom stereocenters. The maximum absolute atomic E-state index is 12.3. The second kappa shape index (κ2) is 6.13. The van der Waals surface area contributed by atoms with Gasteiger partial charge in [-0.1, -0.05) is 30.4 Å². The number of fused-ring (bicyclic) bond motifs is 1. The standard InChI is InChI=1S/C14H13N5O3S/c1-2-11-16-17-14(23-11)15-10(20)7-19-13(22)9-6-4-3-5-8(9)12(21)18-19/h3-6H,2,7H2,1H3,(H,18,21)(H,15,17,20). The Morgan fingerprint density at radius 2 is 2.00 bits per heavy atom. The van der Waals surface area contributed by atoms with Crippen LogP contribution in [0.15, 0.2) is 33.9 Å². The normalized spacial score (nSPS) is 10.8. The van der Waals surface area contributed by atoms with Crippen molar-refractivity contribution in [2.45, 2.75) is 19.9 Å². The van der Waals surface area contributed by atoms with Gasteiger partial charge >= 0.3 is 0 Å². The fourth-order valence-corrected chi connectivity index (χ4v) is 2.80. The Hall–Kier alpha value is -2.81. The van der Waals surface area contributed by atoms with Crippen molar-refractivity contribution in [3.05, 3.63) is 50.0 Å². The van der Waals surface area contributed by atoms with Crippen LogP contribution in [0.3, 0.4) is 0 Å². The number of carbonyl (C=O) groups is 1. The predicted molar refractivity (Wildman–Crippen MR) is 86.7 cm³/mol. The molecular formula is C14H13N5O3S. The van der Waals surface area contributed by atoms with Crippen molar-refractivity contribution in [2.24, 2.45) is 0 Å². The van der Waals surface area contributed by atoms with Crippen molar-refractivity contribution in [3.8, 4) is 0 Å². The minimum absolute atomic E-state index is 0.272. The minimum atomic E-state index is -0.461. The molecule has 0 bridgehead atoms. The van der Waals surface area contributed by atoms with Crippen LogP contribution in [0.4, 0.5) is 5.13 Å². The Balaban J connectivity index is 1.86. The average molecular weight is 331 g/mol. The van der Waals surface area contributed by atoms with Crippen LogP contribution in [0.5, 0.6) is 0 Å². The summed E-state index contributed by atoms with van der Waals surface area (Å²) >= 11 is 1.27. The number of aromatic amines is 1. The molecule has 2 aromatic heterocycles. The van der Waals surface area contributed by atoms with Crippen molar-refractivity contribution in [1.82, 2.24) is 20.0 Å². The number of carbonyl (C=O) groups excluding carboxylic acids is 1. The molecule has 0 aliphatic rings. The first-order valence-electron chi connectivity index (χ1n) is 6.92. The number of rotatable bonds is 4. The van der Waals surface area contributed by atoms with E-state index < -0.39 is 17.0 Å². The van der Waals surface area contributed by atoms with E-state index >= 15 is 0 Å². The van der Waals surface area contributed by atoms with Crippen LogP contribution < -0.4 is 16.4 Å². The first kappa shape index (κ1) is 15.1. The van der Waals surface area contributed by atoms with Crippen molar-refractivity contribution in [3.63, 3.8) is 0 Å². The van der Waals surface area contributed by atoms with Gasteiger partial charge < -0.3 is 0 Å². The zero-order chi connectivity index (χ0) is 16.4. The second-order valence-corrected chi connectivity index (χ2v) is 5.84. The Labute approximate surface area is 133 Å². The van der Waals surface area contributed by atoms with E-state index in [0.29, 0.717) is 10.5 Å².